The van der Waals surface area contributed by atoms with Crippen LogP contribution in [0.1, 0.15) is 24.0 Å². The van der Waals surface area contributed by atoms with Crippen LogP contribution < -0.4 is 4.90 Å². The average molecular weight is 258 g/mol. The van der Waals surface area contributed by atoms with Crippen LogP contribution in [0.3, 0.4) is 0 Å². The Labute approximate surface area is 113 Å². The minimum absolute atomic E-state index is 0.449. The van der Waals surface area contributed by atoms with E-state index in [0.29, 0.717) is 19.8 Å². The van der Waals surface area contributed by atoms with E-state index in [1.807, 2.05) is 25.1 Å². The molecule has 4 nitrogen and oxygen atoms in total. The van der Waals surface area contributed by atoms with Gasteiger partial charge in [0.2, 0.25) is 0 Å². The van der Waals surface area contributed by atoms with E-state index in [2.05, 4.69) is 11.0 Å². The van der Waals surface area contributed by atoms with Gasteiger partial charge in [0, 0.05) is 13.0 Å². The summed E-state index contributed by atoms with van der Waals surface area (Å²) >= 11 is 0. The van der Waals surface area contributed by atoms with Crippen LogP contribution in [0.2, 0.25) is 0 Å². The van der Waals surface area contributed by atoms with Crippen molar-refractivity contribution in [3.05, 3.63) is 29.3 Å². The number of ether oxygens (including phenoxy) is 2. The Kier molecular flexibility index (Phi) is 3.17. The zero-order chi connectivity index (χ0) is 13.3. The molecule has 1 aromatic carbocycles. The van der Waals surface area contributed by atoms with Crippen molar-refractivity contribution in [2.75, 3.05) is 31.2 Å². The summed E-state index contributed by atoms with van der Waals surface area (Å²) in [5, 5.41) is 9.29. The third kappa shape index (κ3) is 2.32. The van der Waals surface area contributed by atoms with Crippen LogP contribution in [-0.4, -0.2) is 32.1 Å². The maximum atomic E-state index is 9.29. The zero-order valence-corrected chi connectivity index (χ0v) is 11.2. The van der Waals surface area contributed by atoms with Gasteiger partial charge in [0.1, 0.15) is 6.07 Å². The molecule has 0 unspecified atom stereocenters. The molecule has 1 aromatic rings. The SMILES string of the molecule is Cc1ccc(N2CCCC3(C2)OCCO3)c(C#N)c1. The Balaban J connectivity index is 1.88. The molecule has 0 aliphatic carbocycles. The van der Waals surface area contributed by atoms with Crippen molar-refractivity contribution >= 4 is 5.69 Å². The minimum atomic E-state index is -0.449. The molecule has 3 rings (SSSR count). The van der Waals surface area contributed by atoms with E-state index >= 15 is 0 Å². The lowest BCUT2D eigenvalue weighted by atomic mass is 10.0. The Morgan fingerprint density at radius 2 is 2.11 bits per heavy atom. The second kappa shape index (κ2) is 4.84. The first-order valence-electron chi connectivity index (χ1n) is 6.76. The van der Waals surface area contributed by atoms with Gasteiger partial charge in [-0.05, 0) is 31.0 Å². The molecule has 2 saturated heterocycles. The van der Waals surface area contributed by atoms with Crippen molar-refractivity contribution < 1.29 is 9.47 Å². The van der Waals surface area contributed by atoms with Gasteiger partial charge in [-0.25, -0.2) is 0 Å². The van der Waals surface area contributed by atoms with E-state index in [1.54, 1.807) is 0 Å². The highest BCUT2D eigenvalue weighted by molar-refractivity contribution is 5.60. The number of anilines is 1. The fourth-order valence-electron chi connectivity index (χ4n) is 2.94. The molecule has 2 aliphatic heterocycles. The highest BCUT2D eigenvalue weighted by atomic mass is 16.7. The molecule has 0 amide bonds. The predicted molar refractivity (Wildman–Crippen MR) is 72.0 cm³/mol. The molecule has 2 heterocycles. The van der Waals surface area contributed by atoms with Crippen LogP contribution in [0, 0.1) is 18.3 Å². The van der Waals surface area contributed by atoms with Crippen molar-refractivity contribution in [3.63, 3.8) is 0 Å². The van der Waals surface area contributed by atoms with Crippen LogP contribution in [0.15, 0.2) is 18.2 Å². The normalized spacial score (nSPS) is 21.6. The Bertz CT molecular complexity index is 515. The van der Waals surface area contributed by atoms with Crippen LogP contribution in [0.25, 0.3) is 0 Å². The van der Waals surface area contributed by atoms with Crippen LogP contribution in [0.5, 0.6) is 0 Å². The summed E-state index contributed by atoms with van der Waals surface area (Å²) < 4.78 is 11.6. The number of aryl methyl sites for hydroxylation is 1. The third-order valence-electron chi connectivity index (χ3n) is 3.84. The number of rotatable bonds is 1. The van der Waals surface area contributed by atoms with Crippen LogP contribution in [-0.2, 0) is 9.47 Å². The first kappa shape index (κ1) is 12.5. The Morgan fingerprint density at radius 1 is 1.32 bits per heavy atom. The van der Waals surface area contributed by atoms with Crippen molar-refractivity contribution in [1.29, 1.82) is 5.26 Å². The highest BCUT2D eigenvalue weighted by Crippen LogP contribution is 2.33. The van der Waals surface area contributed by atoms with Gasteiger partial charge in [-0.3, -0.25) is 0 Å². The van der Waals surface area contributed by atoms with Gasteiger partial charge >= 0.3 is 0 Å². The van der Waals surface area contributed by atoms with E-state index in [4.69, 9.17) is 9.47 Å². The summed E-state index contributed by atoms with van der Waals surface area (Å²) in [4.78, 5) is 2.22. The minimum Gasteiger partial charge on any atom is -0.365 e. The summed E-state index contributed by atoms with van der Waals surface area (Å²) in [6.45, 7) is 5.02. The maximum absolute atomic E-state index is 9.29. The van der Waals surface area contributed by atoms with Gasteiger partial charge < -0.3 is 14.4 Å². The van der Waals surface area contributed by atoms with Gasteiger partial charge in [-0.1, -0.05) is 6.07 Å². The number of nitriles is 1. The molecular formula is C15H18N2O2. The monoisotopic (exact) mass is 258 g/mol. The van der Waals surface area contributed by atoms with E-state index in [9.17, 15) is 5.26 Å². The molecule has 0 radical (unpaired) electrons. The summed E-state index contributed by atoms with van der Waals surface area (Å²) in [6.07, 6.45) is 1.97. The number of piperidine rings is 1. The zero-order valence-electron chi connectivity index (χ0n) is 11.2. The summed E-state index contributed by atoms with van der Waals surface area (Å²) in [6, 6.07) is 8.31. The van der Waals surface area contributed by atoms with Gasteiger partial charge in [0.25, 0.3) is 0 Å². The van der Waals surface area contributed by atoms with Gasteiger partial charge in [0.15, 0.2) is 5.79 Å². The maximum Gasteiger partial charge on any atom is 0.186 e. The molecular weight excluding hydrogens is 240 g/mol. The smallest absolute Gasteiger partial charge is 0.186 e. The van der Waals surface area contributed by atoms with Crippen LogP contribution in [0.4, 0.5) is 5.69 Å². The molecule has 0 aromatic heterocycles. The molecule has 19 heavy (non-hydrogen) atoms. The van der Waals surface area contributed by atoms with Crippen molar-refractivity contribution in [3.8, 4) is 6.07 Å². The topological polar surface area (TPSA) is 45.5 Å². The van der Waals surface area contributed by atoms with Gasteiger partial charge in [-0.15, -0.1) is 0 Å². The predicted octanol–water partition coefficient (Wildman–Crippen LogP) is 2.21. The molecule has 1 spiro atoms. The van der Waals surface area contributed by atoms with E-state index in [1.165, 1.54) is 0 Å². The fraction of sp³-hybridized carbons (Fsp3) is 0.533. The average Bonchev–Trinajstić information content (AvgIpc) is 2.86. The molecule has 100 valence electrons. The summed E-state index contributed by atoms with van der Waals surface area (Å²) in [5.41, 5.74) is 2.83. The van der Waals surface area contributed by atoms with Crippen LogP contribution >= 0.6 is 0 Å². The standard InChI is InChI=1S/C15H18N2O2/c1-12-3-4-14(13(9-12)10-16)17-6-2-5-15(11-17)18-7-8-19-15/h3-4,9H,2,5-8,11H2,1H3. The van der Waals surface area contributed by atoms with Gasteiger partial charge in [-0.2, -0.15) is 5.26 Å². The number of hydrogen-bond acceptors (Lipinski definition) is 4. The Hall–Kier alpha value is -1.57. The lowest BCUT2D eigenvalue weighted by Crippen LogP contribution is -2.49. The van der Waals surface area contributed by atoms with Gasteiger partial charge in [0.05, 0.1) is 31.0 Å². The molecule has 0 atom stereocenters. The largest absolute Gasteiger partial charge is 0.365 e. The molecule has 0 saturated carbocycles. The molecule has 0 N–H and O–H groups in total. The van der Waals surface area contributed by atoms with E-state index in [0.717, 1.165) is 36.2 Å². The van der Waals surface area contributed by atoms with Crippen molar-refractivity contribution in [2.24, 2.45) is 0 Å². The second-order valence-electron chi connectivity index (χ2n) is 5.27. The van der Waals surface area contributed by atoms with Crippen molar-refractivity contribution in [1.82, 2.24) is 0 Å². The second-order valence-corrected chi connectivity index (χ2v) is 5.27. The first-order valence-corrected chi connectivity index (χ1v) is 6.76. The van der Waals surface area contributed by atoms with E-state index in [-0.39, 0.29) is 0 Å². The van der Waals surface area contributed by atoms with E-state index < -0.39 is 5.79 Å². The molecule has 0 bridgehead atoms. The highest BCUT2D eigenvalue weighted by Gasteiger charge is 2.41. The quantitative estimate of drug-likeness (QED) is 0.774. The molecule has 2 aliphatic rings. The third-order valence-corrected chi connectivity index (χ3v) is 3.84. The first-order chi connectivity index (χ1) is 9.22. The molecule has 4 heteroatoms. The summed E-state index contributed by atoms with van der Waals surface area (Å²) in [5.74, 6) is -0.449. The number of nitrogens with zero attached hydrogens (tertiary/aromatic N) is 2. The number of benzene rings is 1. The number of hydrogen-bond donors (Lipinski definition) is 0. The lowest BCUT2D eigenvalue weighted by molar-refractivity contribution is -0.161. The Morgan fingerprint density at radius 3 is 2.84 bits per heavy atom. The summed E-state index contributed by atoms with van der Waals surface area (Å²) in [7, 11) is 0. The van der Waals surface area contributed by atoms with Crippen molar-refractivity contribution in [2.45, 2.75) is 25.6 Å². The molecule has 2 fully saturated rings. The fourth-order valence-corrected chi connectivity index (χ4v) is 2.94. The lowest BCUT2D eigenvalue weighted by Gasteiger charge is -2.40.